The molecule has 3 unspecified atom stereocenters. The van der Waals surface area contributed by atoms with Crippen molar-refractivity contribution in [1.82, 2.24) is 5.32 Å². The first-order valence-corrected chi connectivity index (χ1v) is 23.5. The van der Waals surface area contributed by atoms with Crippen molar-refractivity contribution in [3.8, 4) is 0 Å². The minimum atomic E-state index is -0.449. The molecule has 0 radical (unpaired) electrons. The second kappa shape index (κ2) is 44.8. The lowest BCUT2D eigenvalue weighted by molar-refractivity contribution is -0.101. The fourth-order valence-electron chi connectivity index (χ4n) is 7.03. The van der Waals surface area contributed by atoms with Crippen LogP contribution in [0.1, 0.15) is 220 Å². The maximum absolute atomic E-state index is 12.7. The van der Waals surface area contributed by atoms with Gasteiger partial charge in [0.25, 0.3) is 0 Å². The highest BCUT2D eigenvalue weighted by atomic mass is 16.6. The summed E-state index contributed by atoms with van der Waals surface area (Å²) in [6.45, 7) is 11.6. The maximum atomic E-state index is 12.7. The second-order valence-corrected chi connectivity index (χ2v) is 15.7. The molecule has 0 bridgehead atoms. The lowest BCUT2D eigenvalue weighted by Crippen LogP contribution is -2.36. The summed E-state index contributed by atoms with van der Waals surface area (Å²) in [6, 6.07) is 0. The van der Waals surface area contributed by atoms with E-state index in [4.69, 9.17) is 28.8 Å². The van der Waals surface area contributed by atoms with Crippen LogP contribution in [0.2, 0.25) is 0 Å². The van der Waals surface area contributed by atoms with Gasteiger partial charge in [-0.3, -0.25) is 0 Å². The lowest BCUT2D eigenvalue weighted by Gasteiger charge is -2.27. The van der Waals surface area contributed by atoms with E-state index in [1.165, 1.54) is 167 Å². The first-order valence-electron chi connectivity index (χ1n) is 23.5. The Bertz CT molecular complexity index is 727. The van der Waals surface area contributed by atoms with E-state index >= 15 is 0 Å². The highest BCUT2D eigenvalue weighted by Crippen LogP contribution is 2.21. The smallest absolute Gasteiger partial charge is 0.407 e. The Balaban J connectivity index is 5.40. The van der Waals surface area contributed by atoms with E-state index in [-0.39, 0.29) is 31.5 Å². The standard InChI is InChI=1S/C46H93NO7/c1-5-9-13-17-21-25-28-32-43(31-27-23-19-15-11-7-3)52-41-45(42-53-46(49)47-35-37-50-39-40-51-38-36-48)54-44(33-29-24-20-16-12-8-4)34-30-26-22-18-14-10-6-2/h43-45,48H,5-42H2,1-4H3,(H,47,49). The van der Waals surface area contributed by atoms with E-state index in [2.05, 4.69) is 33.0 Å². The molecule has 0 aliphatic heterocycles. The van der Waals surface area contributed by atoms with Crippen molar-refractivity contribution in [2.24, 2.45) is 0 Å². The molecule has 0 aliphatic rings. The highest BCUT2D eigenvalue weighted by molar-refractivity contribution is 5.67. The number of carbonyl (C=O) groups excluding carboxylic acids is 1. The molecule has 0 aliphatic carbocycles. The summed E-state index contributed by atoms with van der Waals surface area (Å²) >= 11 is 0. The zero-order valence-electron chi connectivity index (χ0n) is 36.5. The third kappa shape index (κ3) is 39.3. The molecule has 324 valence electrons. The van der Waals surface area contributed by atoms with E-state index < -0.39 is 6.09 Å². The zero-order valence-corrected chi connectivity index (χ0v) is 36.5. The third-order valence-electron chi connectivity index (χ3n) is 10.4. The van der Waals surface area contributed by atoms with E-state index in [0.29, 0.717) is 39.6 Å². The summed E-state index contributed by atoms with van der Waals surface area (Å²) in [5.74, 6) is 0. The van der Waals surface area contributed by atoms with Crippen LogP contribution in [0.4, 0.5) is 4.79 Å². The molecule has 1 amide bonds. The Labute approximate surface area is 335 Å². The fraction of sp³-hybridized carbons (Fsp3) is 0.978. The van der Waals surface area contributed by atoms with Crippen LogP contribution in [-0.4, -0.2) is 82.3 Å². The van der Waals surface area contributed by atoms with Crippen LogP contribution in [0.15, 0.2) is 0 Å². The molecule has 8 nitrogen and oxygen atoms in total. The van der Waals surface area contributed by atoms with Crippen LogP contribution in [0.3, 0.4) is 0 Å². The van der Waals surface area contributed by atoms with Gasteiger partial charge < -0.3 is 34.1 Å². The number of hydrogen-bond acceptors (Lipinski definition) is 7. The molecule has 54 heavy (non-hydrogen) atoms. The molecule has 0 saturated heterocycles. The van der Waals surface area contributed by atoms with Crippen molar-refractivity contribution in [2.75, 3.05) is 52.8 Å². The molecule has 0 fully saturated rings. The summed E-state index contributed by atoms with van der Waals surface area (Å²) in [6.07, 6.45) is 37.5. The highest BCUT2D eigenvalue weighted by Gasteiger charge is 2.21. The van der Waals surface area contributed by atoms with Gasteiger partial charge in [0.15, 0.2) is 0 Å². The summed E-state index contributed by atoms with van der Waals surface area (Å²) in [7, 11) is 0. The fourth-order valence-corrected chi connectivity index (χ4v) is 7.03. The van der Waals surface area contributed by atoms with Gasteiger partial charge in [-0.1, -0.05) is 195 Å². The molecule has 0 saturated carbocycles. The van der Waals surface area contributed by atoms with E-state index in [1.807, 2.05) is 0 Å². The maximum Gasteiger partial charge on any atom is 0.407 e. The monoisotopic (exact) mass is 772 g/mol. The van der Waals surface area contributed by atoms with Crippen molar-refractivity contribution in [2.45, 2.75) is 239 Å². The first kappa shape index (κ1) is 53.1. The van der Waals surface area contributed by atoms with E-state index in [9.17, 15) is 4.79 Å². The summed E-state index contributed by atoms with van der Waals surface area (Å²) < 4.78 is 30.1. The Morgan fingerprint density at radius 2 is 0.852 bits per heavy atom. The predicted molar refractivity (Wildman–Crippen MR) is 228 cm³/mol. The van der Waals surface area contributed by atoms with Gasteiger partial charge in [0.1, 0.15) is 12.7 Å². The molecule has 0 aromatic rings. The van der Waals surface area contributed by atoms with Crippen LogP contribution in [0, 0.1) is 0 Å². The number of aliphatic hydroxyl groups is 1. The van der Waals surface area contributed by atoms with Gasteiger partial charge in [-0.15, -0.1) is 0 Å². The number of nitrogens with one attached hydrogen (secondary N) is 1. The number of rotatable bonds is 45. The number of aliphatic hydroxyl groups excluding tert-OH is 1. The Morgan fingerprint density at radius 1 is 0.463 bits per heavy atom. The molecule has 3 atom stereocenters. The Hall–Kier alpha value is -0.930. The predicted octanol–water partition coefficient (Wildman–Crippen LogP) is 12.7. The van der Waals surface area contributed by atoms with Crippen LogP contribution in [0.25, 0.3) is 0 Å². The largest absolute Gasteiger partial charge is 0.447 e. The van der Waals surface area contributed by atoms with Crippen molar-refractivity contribution in [1.29, 1.82) is 0 Å². The average molecular weight is 772 g/mol. The number of ether oxygens (including phenoxy) is 5. The second-order valence-electron chi connectivity index (χ2n) is 15.7. The third-order valence-corrected chi connectivity index (χ3v) is 10.4. The van der Waals surface area contributed by atoms with Crippen molar-refractivity contribution in [3.05, 3.63) is 0 Å². The summed E-state index contributed by atoms with van der Waals surface area (Å²) in [5, 5.41) is 11.6. The number of hydrogen-bond donors (Lipinski definition) is 2. The van der Waals surface area contributed by atoms with Gasteiger partial charge in [0.2, 0.25) is 0 Å². The van der Waals surface area contributed by atoms with Crippen LogP contribution < -0.4 is 5.32 Å². The summed E-state index contributed by atoms with van der Waals surface area (Å²) in [5.41, 5.74) is 0. The number of carbonyl (C=O) groups is 1. The van der Waals surface area contributed by atoms with Crippen molar-refractivity contribution < 1.29 is 33.6 Å². The van der Waals surface area contributed by atoms with E-state index in [0.717, 1.165) is 25.7 Å². The Kier molecular flexibility index (Phi) is 44.0. The molecular weight excluding hydrogens is 679 g/mol. The normalized spacial score (nSPS) is 13.3. The van der Waals surface area contributed by atoms with Crippen LogP contribution in [0.5, 0.6) is 0 Å². The SMILES string of the molecule is CCCCCCCCCC(CCCCCCCC)OCC(COC(=O)NCCOCCOCCO)OC(CCCCCCCC)CCCCCCCCC. The minimum Gasteiger partial charge on any atom is -0.447 e. The number of alkyl carbamates (subject to hydrolysis) is 1. The van der Waals surface area contributed by atoms with Crippen molar-refractivity contribution in [3.63, 3.8) is 0 Å². The zero-order chi connectivity index (χ0) is 39.4. The van der Waals surface area contributed by atoms with Gasteiger partial charge in [0.05, 0.1) is 51.8 Å². The number of unbranched alkanes of at least 4 members (excludes halogenated alkanes) is 22. The average Bonchev–Trinajstić information content (AvgIpc) is 3.18. The molecular formula is C46H93NO7. The van der Waals surface area contributed by atoms with E-state index in [1.54, 1.807) is 0 Å². The minimum absolute atomic E-state index is 0.00103. The molecule has 0 aromatic carbocycles. The van der Waals surface area contributed by atoms with Gasteiger partial charge in [0, 0.05) is 6.54 Å². The Morgan fingerprint density at radius 3 is 1.28 bits per heavy atom. The summed E-state index contributed by atoms with van der Waals surface area (Å²) in [4.78, 5) is 12.7. The van der Waals surface area contributed by atoms with Crippen LogP contribution >= 0.6 is 0 Å². The van der Waals surface area contributed by atoms with Gasteiger partial charge in [-0.25, -0.2) is 4.79 Å². The molecule has 8 heteroatoms. The lowest BCUT2D eigenvalue weighted by atomic mass is 10.0. The van der Waals surface area contributed by atoms with Gasteiger partial charge >= 0.3 is 6.09 Å². The molecule has 0 heterocycles. The molecule has 0 rings (SSSR count). The first-order chi connectivity index (χ1) is 26.6. The quantitative estimate of drug-likeness (QED) is 0.0595. The topological polar surface area (TPSA) is 95.5 Å². The number of amides is 1. The molecule has 0 spiro atoms. The van der Waals surface area contributed by atoms with Gasteiger partial charge in [-0.2, -0.15) is 0 Å². The van der Waals surface area contributed by atoms with Crippen molar-refractivity contribution >= 4 is 6.09 Å². The molecule has 0 aromatic heterocycles. The van der Waals surface area contributed by atoms with Gasteiger partial charge in [-0.05, 0) is 25.7 Å². The van der Waals surface area contributed by atoms with Crippen LogP contribution in [-0.2, 0) is 23.7 Å². The molecule has 2 N–H and O–H groups in total.